The van der Waals surface area contributed by atoms with Crippen LogP contribution < -0.4 is 24.8 Å². The first-order chi connectivity index (χ1) is 36.4. The zero-order chi connectivity index (χ0) is 54.5. The molecule has 0 nitrogen and oxygen atoms in total. The zero-order valence-electron chi connectivity index (χ0n) is 47.5. The van der Waals surface area contributed by atoms with Gasteiger partial charge in [-0.3, -0.25) is 0 Å². The van der Waals surface area contributed by atoms with E-state index >= 15 is 0 Å². The van der Waals surface area contributed by atoms with E-state index < -0.39 is 0 Å². The molecule has 12 aromatic carbocycles. The van der Waals surface area contributed by atoms with Gasteiger partial charge in [0, 0.05) is 0 Å². The summed E-state index contributed by atoms with van der Waals surface area (Å²) in [5, 5.41) is 10.8. The van der Waals surface area contributed by atoms with E-state index in [1.54, 1.807) is 46.7 Å². The summed E-state index contributed by atoms with van der Waals surface area (Å²) in [4.78, 5) is 0. The van der Waals surface area contributed by atoms with Gasteiger partial charge in [-0.1, -0.05) is 194 Å². The van der Waals surface area contributed by atoms with Crippen molar-refractivity contribution in [1.29, 1.82) is 0 Å². The number of benzene rings is 8. The smallest absolute Gasteiger partial charge is 0.0279 e. The van der Waals surface area contributed by atoms with Crippen LogP contribution in [0.25, 0.3) is 87.6 Å². The van der Waals surface area contributed by atoms with Crippen LogP contribution in [0.2, 0.25) is 26.2 Å². The number of aryl methyl sites for hydroxylation is 8. The summed E-state index contributed by atoms with van der Waals surface area (Å²) >= 11 is 3.48. The quantitative estimate of drug-likeness (QED) is 0.122. The van der Waals surface area contributed by atoms with Gasteiger partial charge in [-0.2, -0.15) is 24.3 Å². The second-order valence-corrected chi connectivity index (χ2v) is 39.6. The number of hydrogen-bond acceptors (Lipinski definition) is 0. The van der Waals surface area contributed by atoms with E-state index in [0.717, 1.165) is 0 Å². The minimum absolute atomic E-state index is 0. The van der Waals surface area contributed by atoms with E-state index in [1.807, 2.05) is 0 Å². The molecule has 6 heteroatoms. The summed E-state index contributed by atoms with van der Waals surface area (Å²) < 4.78 is 0. The molecule has 0 atom stereocenters. The SMILES string of the molecule is C[Si](C)=[Zr+2].C[Si](C)=[Zr+2].Cc1ccc(-c2cccc3[cH-]c(C)cc23)cc1.Cc1ccc(-c2cccc3[cH-]c(C)cc23)cc1.Cc1ccc(-c2cccc3[cH-]c(C)cc23)cc1.Cc1ccc(-c2cccc3[cH-]c(C)cc23)cc1.[Cl-].[Cl-]. The van der Waals surface area contributed by atoms with Gasteiger partial charge in [-0.05, 0) is 49.9 Å². The van der Waals surface area contributed by atoms with Gasteiger partial charge in [0.2, 0.25) is 0 Å². The maximum absolute atomic E-state index is 2.31. The molecule has 0 saturated heterocycles. The van der Waals surface area contributed by atoms with Crippen molar-refractivity contribution in [1.82, 2.24) is 0 Å². The van der Waals surface area contributed by atoms with E-state index in [4.69, 9.17) is 0 Å². The second-order valence-electron chi connectivity index (χ2n) is 20.8. The van der Waals surface area contributed by atoms with Crippen molar-refractivity contribution in [2.45, 2.75) is 81.6 Å². The Morgan fingerprint density at radius 3 is 0.603 bits per heavy atom. The average molecular weight is 1250 g/mol. The van der Waals surface area contributed by atoms with E-state index in [0.29, 0.717) is 0 Å². The molecular formula is C72H72Cl2Si2Zr2-2. The molecule has 0 saturated carbocycles. The summed E-state index contributed by atoms with van der Waals surface area (Å²) in [5.41, 5.74) is 21.5. The first kappa shape index (κ1) is 63.8. The molecule has 0 aliphatic heterocycles. The molecule has 0 N–H and O–H groups in total. The van der Waals surface area contributed by atoms with Crippen molar-refractivity contribution in [3.8, 4) is 44.5 Å². The third kappa shape index (κ3) is 18.0. The third-order valence-corrected chi connectivity index (χ3v) is 13.0. The zero-order valence-corrected chi connectivity index (χ0v) is 56.0. The summed E-state index contributed by atoms with van der Waals surface area (Å²) in [6, 6.07) is 79.1. The molecule has 0 fully saturated rings. The molecule has 0 aliphatic carbocycles. The van der Waals surface area contributed by atoms with Gasteiger partial charge in [-0.25, -0.2) is 0 Å². The van der Waals surface area contributed by atoms with Crippen LogP contribution in [-0.4, -0.2) is 10.9 Å². The molecule has 392 valence electrons. The topological polar surface area (TPSA) is 0 Å². The van der Waals surface area contributed by atoms with Gasteiger partial charge < -0.3 is 24.8 Å². The number of fused-ring (bicyclic) bond motifs is 4. The van der Waals surface area contributed by atoms with Crippen LogP contribution in [0.3, 0.4) is 0 Å². The first-order valence-electron chi connectivity index (χ1n) is 26.4. The molecule has 12 aromatic rings. The van der Waals surface area contributed by atoms with Crippen LogP contribution in [0.4, 0.5) is 0 Å². The van der Waals surface area contributed by atoms with Crippen molar-refractivity contribution >= 4 is 54.0 Å². The average Bonchev–Trinajstić information content (AvgIpc) is 4.18. The van der Waals surface area contributed by atoms with Crippen LogP contribution in [0, 0.1) is 55.4 Å². The Balaban J connectivity index is 0.000000181. The van der Waals surface area contributed by atoms with Crippen molar-refractivity contribution in [2.75, 3.05) is 0 Å². The van der Waals surface area contributed by atoms with Crippen molar-refractivity contribution in [2.24, 2.45) is 0 Å². The molecule has 0 heterocycles. The molecular weight excluding hydrogens is 1170 g/mol. The maximum Gasteiger partial charge on any atom is -0.0279 e. The van der Waals surface area contributed by atoms with Crippen LogP contribution in [-0.2, 0) is 46.7 Å². The molecule has 0 spiro atoms. The third-order valence-electron chi connectivity index (χ3n) is 13.0. The largest absolute Gasteiger partial charge is 1.00 e. The van der Waals surface area contributed by atoms with Gasteiger partial charge in [0.15, 0.2) is 0 Å². The summed E-state index contributed by atoms with van der Waals surface area (Å²) in [5.74, 6) is 0. The summed E-state index contributed by atoms with van der Waals surface area (Å²) in [6.45, 7) is 26.3. The van der Waals surface area contributed by atoms with Gasteiger partial charge in [0.1, 0.15) is 0 Å². The van der Waals surface area contributed by atoms with Crippen molar-refractivity contribution in [3.05, 3.63) is 263 Å². The van der Waals surface area contributed by atoms with E-state index in [2.05, 4.69) is 300 Å². The molecule has 0 amide bonds. The summed E-state index contributed by atoms with van der Waals surface area (Å²) in [7, 11) is 0. The van der Waals surface area contributed by atoms with Gasteiger partial charge in [0.25, 0.3) is 0 Å². The Morgan fingerprint density at radius 2 is 0.436 bits per heavy atom. The number of halogens is 2. The monoisotopic (exact) mass is 1240 g/mol. The van der Waals surface area contributed by atoms with Crippen molar-refractivity contribution < 1.29 is 71.5 Å². The van der Waals surface area contributed by atoms with Crippen LogP contribution in [0.1, 0.15) is 44.5 Å². The number of hydrogen-bond donors (Lipinski definition) is 0. The van der Waals surface area contributed by atoms with E-state index in [1.165, 1.54) is 132 Å². The summed E-state index contributed by atoms with van der Waals surface area (Å²) in [6.07, 6.45) is 0. The standard InChI is InChI=1S/4C17H15.2C2H6Si.2ClH.2Zr/c4*1-12-6-8-14(9-7-12)16-5-3-4-15-10-13(2)11-17(15)16;2*1-3-2;;;;/h4*3-11H,1-2H3;2*1-2H3;2*1H;;/q4*-1;;;;;2*+2/p-2. The minimum atomic E-state index is 0. The van der Waals surface area contributed by atoms with Crippen LogP contribution in [0.5, 0.6) is 0 Å². The Hall–Kier alpha value is -5.02. The van der Waals surface area contributed by atoms with Crippen molar-refractivity contribution in [3.63, 3.8) is 0 Å². The first-order valence-corrected chi connectivity index (χ1v) is 38.8. The molecule has 0 bridgehead atoms. The molecule has 0 unspecified atom stereocenters. The fourth-order valence-corrected chi connectivity index (χ4v) is 9.48. The fraction of sp³-hybridized carbons (Fsp3) is 0.167. The normalized spacial score (nSPS) is 10.3. The molecule has 78 heavy (non-hydrogen) atoms. The molecule has 12 rings (SSSR count). The van der Waals surface area contributed by atoms with Gasteiger partial charge >= 0.3 is 83.7 Å². The number of rotatable bonds is 4. The fourth-order valence-electron chi connectivity index (χ4n) is 9.48. The Bertz CT molecular complexity index is 3340. The minimum Gasteiger partial charge on any atom is -1.00 e. The predicted molar refractivity (Wildman–Crippen MR) is 333 cm³/mol. The predicted octanol–water partition coefficient (Wildman–Crippen LogP) is 14.9. The van der Waals surface area contributed by atoms with E-state index in [-0.39, 0.29) is 35.7 Å². The Morgan fingerprint density at radius 1 is 0.269 bits per heavy atom. The Labute approximate surface area is 509 Å². The van der Waals surface area contributed by atoms with Gasteiger partial charge in [0.05, 0.1) is 0 Å². The molecule has 0 aromatic heterocycles. The van der Waals surface area contributed by atoms with Gasteiger partial charge in [-0.15, -0.1) is 138 Å². The van der Waals surface area contributed by atoms with E-state index in [9.17, 15) is 0 Å². The Kier molecular flexibility index (Phi) is 25.0. The maximum atomic E-state index is 2.31. The van der Waals surface area contributed by atoms with Crippen LogP contribution >= 0.6 is 0 Å². The van der Waals surface area contributed by atoms with Crippen LogP contribution in [0.15, 0.2) is 218 Å². The second kappa shape index (κ2) is 30.5. The molecule has 0 aliphatic rings. The molecule has 0 radical (unpaired) electrons.